The van der Waals surface area contributed by atoms with Gasteiger partial charge < -0.3 is 9.47 Å². The fourth-order valence-electron chi connectivity index (χ4n) is 2.00. The van der Waals surface area contributed by atoms with Gasteiger partial charge in [0.05, 0.1) is 19.9 Å². The molecule has 1 aromatic heterocycles. The van der Waals surface area contributed by atoms with Crippen LogP contribution in [0.25, 0.3) is 11.3 Å². The van der Waals surface area contributed by atoms with E-state index in [4.69, 9.17) is 9.47 Å². The summed E-state index contributed by atoms with van der Waals surface area (Å²) in [5.41, 5.74) is 4.01. The molecule has 4 heteroatoms. The van der Waals surface area contributed by atoms with Gasteiger partial charge in [-0.3, -0.25) is 0 Å². The number of aromatic nitrogens is 2. The van der Waals surface area contributed by atoms with Crippen LogP contribution in [0.2, 0.25) is 0 Å². The van der Waals surface area contributed by atoms with E-state index in [1.165, 1.54) is 5.56 Å². The molecule has 0 aliphatic rings. The minimum absolute atomic E-state index is 0.355. The Morgan fingerprint density at radius 2 is 1.83 bits per heavy atom. The molecule has 0 fully saturated rings. The first-order valence-electron chi connectivity index (χ1n) is 5.68. The quantitative estimate of drug-likeness (QED) is 0.832. The van der Waals surface area contributed by atoms with E-state index >= 15 is 0 Å². The predicted molar refractivity (Wildman–Crippen MR) is 70.0 cm³/mol. The van der Waals surface area contributed by atoms with Gasteiger partial charge in [-0.2, -0.15) is 4.98 Å². The maximum absolute atomic E-state index is 5.46. The molecule has 18 heavy (non-hydrogen) atoms. The number of aryl methyl sites for hydroxylation is 2. The van der Waals surface area contributed by atoms with Crippen LogP contribution in [-0.4, -0.2) is 24.2 Å². The summed E-state index contributed by atoms with van der Waals surface area (Å²) >= 11 is 0. The monoisotopic (exact) mass is 244 g/mol. The molecule has 0 spiro atoms. The van der Waals surface area contributed by atoms with Crippen molar-refractivity contribution in [1.82, 2.24) is 9.97 Å². The minimum atomic E-state index is 0.355. The van der Waals surface area contributed by atoms with E-state index in [2.05, 4.69) is 16.0 Å². The van der Waals surface area contributed by atoms with E-state index in [0.717, 1.165) is 22.6 Å². The van der Waals surface area contributed by atoms with Crippen molar-refractivity contribution in [2.45, 2.75) is 13.8 Å². The first kappa shape index (κ1) is 12.4. The second kappa shape index (κ2) is 5.04. The maximum Gasteiger partial charge on any atom is 0.316 e. The van der Waals surface area contributed by atoms with Gasteiger partial charge in [0.2, 0.25) is 0 Å². The Balaban J connectivity index is 2.61. The maximum atomic E-state index is 5.46. The molecule has 0 atom stereocenters. The topological polar surface area (TPSA) is 44.2 Å². The van der Waals surface area contributed by atoms with Gasteiger partial charge in [0.1, 0.15) is 5.75 Å². The summed E-state index contributed by atoms with van der Waals surface area (Å²) in [7, 11) is 3.22. The van der Waals surface area contributed by atoms with Crippen LogP contribution in [0.3, 0.4) is 0 Å². The number of rotatable bonds is 3. The molecule has 0 aliphatic carbocycles. The molecule has 1 heterocycles. The summed E-state index contributed by atoms with van der Waals surface area (Å²) in [6.07, 6.45) is 1.68. The van der Waals surface area contributed by atoms with Crippen LogP contribution < -0.4 is 9.47 Å². The smallest absolute Gasteiger partial charge is 0.316 e. The first-order chi connectivity index (χ1) is 8.65. The standard InChI is InChI=1S/C14H16N2O2/c1-9-7-10(2)13(17-3)11(8-9)12-5-6-15-14(16-12)18-4/h5-8H,1-4H3. The Hall–Kier alpha value is -2.10. The third-order valence-corrected chi connectivity index (χ3v) is 2.72. The normalized spacial score (nSPS) is 10.2. The molecule has 4 nitrogen and oxygen atoms in total. The van der Waals surface area contributed by atoms with E-state index in [-0.39, 0.29) is 0 Å². The zero-order chi connectivity index (χ0) is 13.1. The van der Waals surface area contributed by atoms with Gasteiger partial charge in [0, 0.05) is 11.8 Å². The lowest BCUT2D eigenvalue weighted by Gasteiger charge is -2.12. The molecule has 0 saturated carbocycles. The molecule has 0 radical (unpaired) electrons. The molecule has 2 aromatic rings. The zero-order valence-corrected chi connectivity index (χ0v) is 11.0. The number of methoxy groups -OCH3 is 2. The van der Waals surface area contributed by atoms with Crippen LogP contribution in [-0.2, 0) is 0 Å². The molecular formula is C14H16N2O2. The first-order valence-corrected chi connectivity index (χ1v) is 5.68. The lowest BCUT2D eigenvalue weighted by molar-refractivity contribution is 0.380. The summed E-state index contributed by atoms with van der Waals surface area (Å²) in [6, 6.07) is 6.34. The highest BCUT2D eigenvalue weighted by atomic mass is 16.5. The highest BCUT2D eigenvalue weighted by Gasteiger charge is 2.11. The summed E-state index contributed by atoms with van der Waals surface area (Å²) in [5.74, 6) is 0.835. The number of ether oxygens (including phenoxy) is 2. The molecule has 0 N–H and O–H groups in total. The van der Waals surface area contributed by atoms with Crippen LogP contribution >= 0.6 is 0 Å². The zero-order valence-electron chi connectivity index (χ0n) is 11.0. The summed E-state index contributed by atoms with van der Waals surface area (Å²) in [4.78, 5) is 8.35. The molecule has 0 aliphatic heterocycles. The van der Waals surface area contributed by atoms with E-state index in [9.17, 15) is 0 Å². The molecule has 0 amide bonds. The van der Waals surface area contributed by atoms with Crippen molar-refractivity contribution < 1.29 is 9.47 Å². The number of hydrogen-bond donors (Lipinski definition) is 0. The van der Waals surface area contributed by atoms with Crippen molar-refractivity contribution >= 4 is 0 Å². The van der Waals surface area contributed by atoms with Crippen molar-refractivity contribution in [3.8, 4) is 23.0 Å². The van der Waals surface area contributed by atoms with Crippen molar-refractivity contribution in [1.29, 1.82) is 0 Å². The summed E-state index contributed by atoms with van der Waals surface area (Å²) in [5, 5.41) is 0. The van der Waals surface area contributed by atoms with Crippen molar-refractivity contribution in [2.75, 3.05) is 14.2 Å². The van der Waals surface area contributed by atoms with E-state index in [0.29, 0.717) is 6.01 Å². The van der Waals surface area contributed by atoms with Gasteiger partial charge in [0.15, 0.2) is 0 Å². The Labute approximate surface area is 107 Å². The fraction of sp³-hybridized carbons (Fsp3) is 0.286. The minimum Gasteiger partial charge on any atom is -0.496 e. The Morgan fingerprint density at radius 1 is 1.06 bits per heavy atom. The fourth-order valence-corrected chi connectivity index (χ4v) is 2.00. The SMILES string of the molecule is COc1nccc(-c2cc(C)cc(C)c2OC)n1. The Morgan fingerprint density at radius 3 is 2.50 bits per heavy atom. The van der Waals surface area contributed by atoms with Gasteiger partial charge in [-0.1, -0.05) is 6.07 Å². The van der Waals surface area contributed by atoms with Crippen LogP contribution in [0, 0.1) is 13.8 Å². The molecule has 0 bridgehead atoms. The lowest BCUT2D eigenvalue weighted by atomic mass is 10.0. The van der Waals surface area contributed by atoms with Gasteiger partial charge in [0.25, 0.3) is 0 Å². The van der Waals surface area contributed by atoms with E-state index < -0.39 is 0 Å². The average molecular weight is 244 g/mol. The third kappa shape index (κ3) is 2.27. The summed E-state index contributed by atoms with van der Waals surface area (Å²) in [6.45, 7) is 4.07. The van der Waals surface area contributed by atoms with Crippen LogP contribution in [0.15, 0.2) is 24.4 Å². The van der Waals surface area contributed by atoms with Crippen molar-refractivity contribution in [3.05, 3.63) is 35.5 Å². The Kier molecular flexibility index (Phi) is 3.46. The van der Waals surface area contributed by atoms with Gasteiger partial charge in [-0.25, -0.2) is 4.98 Å². The van der Waals surface area contributed by atoms with E-state index in [1.54, 1.807) is 20.4 Å². The molecule has 2 rings (SSSR count). The molecule has 94 valence electrons. The second-order valence-electron chi connectivity index (χ2n) is 4.09. The Bertz CT molecular complexity index is 568. The third-order valence-electron chi connectivity index (χ3n) is 2.72. The number of benzene rings is 1. The van der Waals surface area contributed by atoms with E-state index in [1.807, 2.05) is 26.0 Å². The number of nitrogens with zero attached hydrogens (tertiary/aromatic N) is 2. The molecule has 0 saturated heterocycles. The summed E-state index contributed by atoms with van der Waals surface area (Å²) < 4.78 is 10.5. The molecule has 0 unspecified atom stereocenters. The lowest BCUT2D eigenvalue weighted by Crippen LogP contribution is -1.97. The van der Waals surface area contributed by atoms with Crippen LogP contribution in [0.5, 0.6) is 11.8 Å². The average Bonchev–Trinajstić information content (AvgIpc) is 2.38. The van der Waals surface area contributed by atoms with Crippen molar-refractivity contribution in [3.63, 3.8) is 0 Å². The second-order valence-corrected chi connectivity index (χ2v) is 4.09. The highest BCUT2D eigenvalue weighted by Crippen LogP contribution is 2.33. The number of hydrogen-bond acceptors (Lipinski definition) is 4. The predicted octanol–water partition coefficient (Wildman–Crippen LogP) is 2.78. The van der Waals surface area contributed by atoms with Crippen LogP contribution in [0.4, 0.5) is 0 Å². The van der Waals surface area contributed by atoms with Gasteiger partial charge in [-0.15, -0.1) is 0 Å². The van der Waals surface area contributed by atoms with Gasteiger partial charge >= 0.3 is 6.01 Å². The molecular weight excluding hydrogens is 228 g/mol. The largest absolute Gasteiger partial charge is 0.496 e. The van der Waals surface area contributed by atoms with Crippen molar-refractivity contribution in [2.24, 2.45) is 0 Å². The highest BCUT2D eigenvalue weighted by molar-refractivity contribution is 5.70. The molecule has 1 aromatic carbocycles. The van der Waals surface area contributed by atoms with Gasteiger partial charge in [-0.05, 0) is 37.1 Å². The van der Waals surface area contributed by atoms with Crippen LogP contribution in [0.1, 0.15) is 11.1 Å².